The van der Waals surface area contributed by atoms with Gasteiger partial charge < -0.3 is 28.5 Å². The number of amides is 1. The lowest BCUT2D eigenvalue weighted by Gasteiger charge is -2.30. The maximum absolute atomic E-state index is 13.6. The smallest absolute Gasteiger partial charge is 0.306 e. The number of nitrogens with one attached hydrogen (secondary N) is 1. The molecule has 0 aliphatic carbocycles. The van der Waals surface area contributed by atoms with Crippen LogP contribution in [0.5, 0.6) is 0 Å². The first-order chi connectivity index (χ1) is 42.4. The van der Waals surface area contributed by atoms with Gasteiger partial charge in [0.05, 0.1) is 33.8 Å². The number of ether oxygens (including phenoxy) is 1. The van der Waals surface area contributed by atoms with Gasteiger partial charge in [0.15, 0.2) is 0 Å². The number of hydrogen-bond donors (Lipinski definition) is 1. The van der Waals surface area contributed by atoms with Crippen LogP contribution in [0.1, 0.15) is 367 Å². The summed E-state index contributed by atoms with van der Waals surface area (Å²) in [6, 6.07) is -0.889. The molecule has 0 aromatic heterocycles. The number of carbonyl (C=O) groups is 2. The fourth-order valence-electron chi connectivity index (χ4n) is 11.1. The van der Waals surface area contributed by atoms with E-state index in [0.29, 0.717) is 17.4 Å². The summed E-state index contributed by atoms with van der Waals surface area (Å²) in [6.07, 6.45) is 86.4. The van der Waals surface area contributed by atoms with Crippen LogP contribution < -0.4 is 10.2 Å². The van der Waals surface area contributed by atoms with Crippen molar-refractivity contribution < 1.29 is 37.3 Å². The lowest BCUT2D eigenvalue weighted by Crippen LogP contribution is -2.47. The Hall–Kier alpha value is -2.29. The Morgan fingerprint density at radius 3 is 1.06 bits per heavy atom. The Balaban J connectivity index is 4.92. The number of phosphoric acid groups is 1. The van der Waals surface area contributed by atoms with E-state index in [0.717, 1.165) is 70.6 Å². The number of likely N-dealkylation sites (N-methyl/N-ethyl adjacent to an activating group) is 1. The van der Waals surface area contributed by atoms with Crippen molar-refractivity contribution in [1.29, 1.82) is 0 Å². The van der Waals surface area contributed by atoms with Gasteiger partial charge in [0.1, 0.15) is 19.3 Å². The lowest BCUT2D eigenvalue weighted by atomic mass is 10.0. The molecule has 10 heteroatoms. The Kier molecular flexibility index (Phi) is 64.9. The zero-order valence-corrected chi connectivity index (χ0v) is 59.4. The maximum Gasteiger partial charge on any atom is 0.306 e. The van der Waals surface area contributed by atoms with Crippen molar-refractivity contribution in [2.45, 2.75) is 380 Å². The van der Waals surface area contributed by atoms with E-state index in [9.17, 15) is 19.0 Å². The zero-order chi connectivity index (χ0) is 63.5. The third-order valence-electron chi connectivity index (χ3n) is 16.9. The molecule has 0 spiro atoms. The van der Waals surface area contributed by atoms with Crippen LogP contribution in [-0.2, 0) is 27.9 Å². The molecule has 0 aliphatic rings. The average molecular weight is 1240 g/mol. The second kappa shape index (κ2) is 66.6. The minimum atomic E-state index is -4.70. The Morgan fingerprint density at radius 2 is 0.701 bits per heavy atom. The molecule has 0 heterocycles. The molecule has 0 radical (unpaired) electrons. The molecule has 3 unspecified atom stereocenters. The molecular weight excluding hydrogens is 1100 g/mol. The van der Waals surface area contributed by atoms with E-state index in [2.05, 4.69) is 74.7 Å². The molecular formula is C77H145N2O7P. The summed E-state index contributed by atoms with van der Waals surface area (Å²) in [5, 5.41) is 3.05. The van der Waals surface area contributed by atoms with Crippen LogP contribution in [0.4, 0.5) is 0 Å². The first-order valence-corrected chi connectivity index (χ1v) is 39.1. The molecule has 0 rings (SSSR count). The van der Waals surface area contributed by atoms with Gasteiger partial charge >= 0.3 is 5.97 Å². The third kappa shape index (κ3) is 67.9. The monoisotopic (exact) mass is 1240 g/mol. The minimum absolute atomic E-state index is 0.0213. The highest BCUT2D eigenvalue weighted by Gasteiger charge is 2.27. The largest absolute Gasteiger partial charge is 0.756 e. The van der Waals surface area contributed by atoms with E-state index in [1.807, 2.05) is 33.3 Å². The van der Waals surface area contributed by atoms with Crippen LogP contribution >= 0.6 is 7.82 Å². The highest BCUT2D eigenvalue weighted by molar-refractivity contribution is 7.45. The van der Waals surface area contributed by atoms with Gasteiger partial charge in [0.2, 0.25) is 5.91 Å². The highest BCUT2D eigenvalue weighted by atomic mass is 31.2. The molecule has 0 aromatic rings. The van der Waals surface area contributed by atoms with Gasteiger partial charge in [-0.2, -0.15) is 0 Å². The average Bonchev–Trinajstić information content (AvgIpc) is 3.70. The van der Waals surface area contributed by atoms with Crippen molar-refractivity contribution in [2.75, 3.05) is 40.9 Å². The van der Waals surface area contributed by atoms with Gasteiger partial charge in [-0.1, -0.05) is 319 Å². The maximum atomic E-state index is 13.6. The highest BCUT2D eigenvalue weighted by Crippen LogP contribution is 2.38. The second-order valence-electron chi connectivity index (χ2n) is 26.8. The summed E-state index contributed by atoms with van der Waals surface area (Å²) < 4.78 is 30.5. The fourth-order valence-corrected chi connectivity index (χ4v) is 11.8. The summed E-state index contributed by atoms with van der Waals surface area (Å²) in [5.41, 5.74) is 0. The number of rotatable bonds is 69. The van der Waals surface area contributed by atoms with E-state index in [4.69, 9.17) is 13.8 Å². The summed E-state index contributed by atoms with van der Waals surface area (Å²) in [5.74, 6) is -0.526. The van der Waals surface area contributed by atoms with Crippen LogP contribution in [-0.4, -0.2) is 69.4 Å². The van der Waals surface area contributed by atoms with E-state index in [1.165, 1.54) is 263 Å². The normalized spacial score (nSPS) is 13.8. The standard InChI is InChI=1S/C77H145N2O7P/c1-7-10-13-16-19-22-25-27-29-31-33-35-37-38-39-40-42-43-45-47-49-51-54-57-60-63-66-69-76(80)78-74(73-85-87(82,83)84-72-71-79(4,5)6)75(68-65-62-59-56-53-24-21-18-15-12-9-3)86-77(81)70-67-64-61-58-55-52-50-48-46-44-41-36-34-32-30-28-26-23-20-17-14-11-8-2/h19-20,22-23,27-30,65,68,74-75H,7-18,21,24-26,31-64,66-67,69-73H2,1-6H3,(H-,78,80,82,83)/b22-19-,23-20-,29-27-,30-28-,68-65-. The van der Waals surface area contributed by atoms with E-state index in [1.54, 1.807) is 0 Å². The molecule has 0 fully saturated rings. The van der Waals surface area contributed by atoms with Crippen LogP contribution in [0.2, 0.25) is 0 Å². The van der Waals surface area contributed by atoms with Crippen LogP contribution in [0.15, 0.2) is 60.8 Å². The predicted octanol–water partition coefficient (Wildman–Crippen LogP) is 23.5. The van der Waals surface area contributed by atoms with Crippen molar-refractivity contribution in [3.05, 3.63) is 60.8 Å². The summed E-state index contributed by atoms with van der Waals surface area (Å²) in [7, 11) is 1.20. The molecule has 1 N–H and O–H groups in total. The van der Waals surface area contributed by atoms with Crippen molar-refractivity contribution in [3.8, 4) is 0 Å². The first kappa shape index (κ1) is 84.7. The molecule has 0 aromatic carbocycles. The second-order valence-corrected chi connectivity index (χ2v) is 28.2. The lowest BCUT2D eigenvalue weighted by molar-refractivity contribution is -0.870. The van der Waals surface area contributed by atoms with E-state index < -0.39 is 20.0 Å². The number of phosphoric ester groups is 1. The number of allylic oxidation sites excluding steroid dienone is 9. The molecule has 87 heavy (non-hydrogen) atoms. The topological polar surface area (TPSA) is 114 Å². The van der Waals surface area contributed by atoms with Crippen molar-refractivity contribution in [3.63, 3.8) is 0 Å². The molecule has 0 saturated carbocycles. The van der Waals surface area contributed by atoms with Gasteiger partial charge in [0.25, 0.3) is 7.82 Å². The van der Waals surface area contributed by atoms with Crippen LogP contribution in [0.25, 0.3) is 0 Å². The summed E-state index contributed by atoms with van der Waals surface area (Å²) in [4.78, 5) is 40.2. The van der Waals surface area contributed by atoms with Crippen LogP contribution in [0.3, 0.4) is 0 Å². The van der Waals surface area contributed by atoms with Crippen molar-refractivity contribution in [2.24, 2.45) is 0 Å². The quantitative estimate of drug-likeness (QED) is 0.0212. The Morgan fingerprint density at radius 1 is 0.402 bits per heavy atom. The molecule has 1 amide bonds. The number of unbranched alkanes of at least 4 members (excludes halogenated alkanes) is 45. The number of quaternary nitrogens is 1. The van der Waals surface area contributed by atoms with Gasteiger partial charge in [0, 0.05) is 12.8 Å². The summed E-state index contributed by atoms with van der Waals surface area (Å²) in [6.45, 7) is 6.84. The van der Waals surface area contributed by atoms with Gasteiger partial charge in [-0.3, -0.25) is 14.2 Å². The van der Waals surface area contributed by atoms with E-state index in [-0.39, 0.29) is 31.5 Å². The first-order valence-electron chi connectivity index (χ1n) is 37.6. The SMILES string of the molecule is CCCCC/C=C\C/C=C\CCCCCCCCCCCCCCCCCCCC(=O)NC(COP(=O)([O-])OCC[N+](C)(C)C)C(/C=C\CCCCCCCCCCC)OC(=O)CCCCCCCCCCCCCCC/C=C\C/C=C\CCCCC. The molecule has 0 bridgehead atoms. The molecule has 510 valence electrons. The third-order valence-corrected chi connectivity index (χ3v) is 17.9. The fraction of sp³-hybridized carbons (Fsp3) is 0.844. The number of carbonyl (C=O) groups excluding carboxylic acids is 2. The van der Waals surface area contributed by atoms with Gasteiger partial charge in [-0.25, -0.2) is 0 Å². The molecule has 3 atom stereocenters. The molecule has 0 aliphatic heterocycles. The van der Waals surface area contributed by atoms with E-state index >= 15 is 0 Å². The number of hydrogen-bond acceptors (Lipinski definition) is 7. The Labute approximate surface area is 541 Å². The predicted molar refractivity (Wildman–Crippen MR) is 376 cm³/mol. The van der Waals surface area contributed by atoms with Crippen molar-refractivity contribution >= 4 is 19.7 Å². The molecule has 9 nitrogen and oxygen atoms in total. The van der Waals surface area contributed by atoms with Gasteiger partial charge in [-0.05, 0) is 96.0 Å². The summed E-state index contributed by atoms with van der Waals surface area (Å²) >= 11 is 0. The number of esters is 1. The zero-order valence-electron chi connectivity index (χ0n) is 58.5. The minimum Gasteiger partial charge on any atom is -0.756 e. The molecule has 0 saturated heterocycles. The van der Waals surface area contributed by atoms with Crippen LogP contribution in [0, 0.1) is 0 Å². The Bertz CT molecular complexity index is 1670. The van der Waals surface area contributed by atoms with Crippen molar-refractivity contribution in [1.82, 2.24) is 5.32 Å². The number of nitrogens with zero attached hydrogens (tertiary/aromatic N) is 1. The van der Waals surface area contributed by atoms with Gasteiger partial charge in [-0.15, -0.1) is 0 Å².